The van der Waals surface area contributed by atoms with Gasteiger partial charge in [-0.05, 0) is 44.5 Å². The highest BCUT2D eigenvalue weighted by Crippen LogP contribution is 2.23. The maximum absolute atomic E-state index is 12.4. The maximum atomic E-state index is 12.4. The van der Waals surface area contributed by atoms with E-state index < -0.39 is 0 Å². The van der Waals surface area contributed by atoms with Crippen LogP contribution in [-0.2, 0) is 13.0 Å². The first kappa shape index (κ1) is 15.1. The smallest absolute Gasteiger partial charge is 0.168 e. The summed E-state index contributed by atoms with van der Waals surface area (Å²) < 4.78 is 1.77. The van der Waals surface area contributed by atoms with E-state index in [-0.39, 0.29) is 12.2 Å². The molecule has 106 valence electrons. The van der Waals surface area contributed by atoms with Gasteiger partial charge >= 0.3 is 0 Å². The average molecular weight is 311 g/mol. The zero-order valence-corrected chi connectivity index (χ0v) is 13.2. The van der Waals surface area contributed by atoms with Crippen LogP contribution in [0, 0.1) is 13.8 Å². The van der Waals surface area contributed by atoms with E-state index in [0.717, 1.165) is 17.0 Å². The van der Waals surface area contributed by atoms with Crippen LogP contribution in [0.25, 0.3) is 0 Å². The Morgan fingerprint density at radius 3 is 2.55 bits per heavy atom. The minimum Gasteiger partial charge on any atom is -0.294 e. The van der Waals surface area contributed by atoms with Crippen LogP contribution in [0.3, 0.4) is 0 Å². The first-order valence-corrected chi connectivity index (χ1v) is 7.20. The molecule has 0 bridgehead atoms. The lowest BCUT2D eigenvalue weighted by Crippen LogP contribution is -2.10. The summed E-state index contributed by atoms with van der Waals surface area (Å²) in [5.41, 5.74) is 3.08. The lowest BCUT2D eigenvalue weighted by molar-refractivity contribution is 0.0990. The summed E-state index contributed by atoms with van der Waals surface area (Å²) in [5, 5.41) is 5.45. The van der Waals surface area contributed by atoms with Gasteiger partial charge in [-0.2, -0.15) is 5.10 Å². The van der Waals surface area contributed by atoms with Crippen molar-refractivity contribution < 1.29 is 4.79 Å². The van der Waals surface area contributed by atoms with Gasteiger partial charge in [-0.15, -0.1) is 0 Å². The van der Waals surface area contributed by atoms with Crippen LogP contribution in [0.4, 0.5) is 0 Å². The maximum Gasteiger partial charge on any atom is 0.168 e. The Morgan fingerprint density at radius 1 is 1.25 bits per heavy atom. The molecule has 0 saturated carbocycles. The van der Waals surface area contributed by atoms with Gasteiger partial charge in [-0.1, -0.05) is 23.2 Å². The first-order valence-electron chi connectivity index (χ1n) is 6.44. The van der Waals surface area contributed by atoms with Gasteiger partial charge in [0.1, 0.15) is 0 Å². The van der Waals surface area contributed by atoms with E-state index in [9.17, 15) is 4.79 Å². The molecule has 0 atom stereocenters. The molecule has 0 spiro atoms. The summed E-state index contributed by atoms with van der Waals surface area (Å²) in [6.45, 7) is 6.41. The zero-order chi connectivity index (χ0) is 14.9. The summed E-state index contributed by atoms with van der Waals surface area (Å²) in [6, 6.07) is 5.34. The zero-order valence-electron chi connectivity index (χ0n) is 11.7. The molecule has 1 aromatic heterocycles. The van der Waals surface area contributed by atoms with Crippen molar-refractivity contribution >= 4 is 29.0 Å². The molecule has 0 amide bonds. The van der Waals surface area contributed by atoms with E-state index in [0.29, 0.717) is 22.2 Å². The fourth-order valence-electron chi connectivity index (χ4n) is 2.19. The topological polar surface area (TPSA) is 34.9 Å². The number of carbonyl (C=O) groups is 1. The van der Waals surface area contributed by atoms with E-state index >= 15 is 0 Å². The number of nitrogens with zero attached hydrogens (tertiary/aromatic N) is 2. The predicted octanol–water partition coefficient (Wildman–Crippen LogP) is 4.25. The lowest BCUT2D eigenvalue weighted by atomic mass is 10.0. The number of hydrogen-bond donors (Lipinski definition) is 0. The Balaban J connectivity index is 2.32. The van der Waals surface area contributed by atoms with E-state index in [1.807, 2.05) is 32.9 Å². The Morgan fingerprint density at radius 2 is 1.95 bits per heavy atom. The van der Waals surface area contributed by atoms with Crippen molar-refractivity contribution in [2.45, 2.75) is 33.7 Å². The normalized spacial score (nSPS) is 10.8. The second-order valence-corrected chi connectivity index (χ2v) is 5.59. The van der Waals surface area contributed by atoms with Crippen LogP contribution >= 0.6 is 23.2 Å². The number of ketones is 1. The molecule has 2 aromatic rings. The molecule has 0 aliphatic heterocycles. The largest absolute Gasteiger partial charge is 0.294 e. The third-order valence-corrected chi connectivity index (χ3v) is 3.85. The van der Waals surface area contributed by atoms with Crippen LogP contribution in [0.15, 0.2) is 18.2 Å². The Bertz CT molecular complexity index is 642. The van der Waals surface area contributed by atoms with Crippen molar-refractivity contribution in [1.29, 1.82) is 0 Å². The molecule has 20 heavy (non-hydrogen) atoms. The molecule has 0 fully saturated rings. The monoisotopic (exact) mass is 310 g/mol. The van der Waals surface area contributed by atoms with Gasteiger partial charge < -0.3 is 0 Å². The standard InChI is InChI=1S/C15H16Cl2N2O/c1-4-19-13(15(17)10(3)18-19)8-14(20)11-5-9(2)6-12(16)7-11/h5-7H,4,8H2,1-3H3. The van der Waals surface area contributed by atoms with Gasteiger partial charge in [0.05, 0.1) is 22.8 Å². The molecule has 0 unspecified atom stereocenters. The molecule has 1 aromatic carbocycles. The van der Waals surface area contributed by atoms with Crippen molar-refractivity contribution in [3.63, 3.8) is 0 Å². The van der Waals surface area contributed by atoms with E-state index in [4.69, 9.17) is 23.2 Å². The Hall–Kier alpha value is -1.32. The molecule has 0 radical (unpaired) electrons. The van der Waals surface area contributed by atoms with Crippen molar-refractivity contribution in [3.8, 4) is 0 Å². The highest BCUT2D eigenvalue weighted by molar-refractivity contribution is 6.32. The van der Waals surface area contributed by atoms with Gasteiger partial charge in [0.25, 0.3) is 0 Å². The second-order valence-electron chi connectivity index (χ2n) is 4.78. The number of benzene rings is 1. The first-order chi connectivity index (χ1) is 9.42. The summed E-state index contributed by atoms with van der Waals surface area (Å²) in [6.07, 6.45) is 0.229. The van der Waals surface area contributed by atoms with Crippen molar-refractivity contribution in [2.24, 2.45) is 0 Å². The number of aromatic nitrogens is 2. The average Bonchev–Trinajstić information content (AvgIpc) is 2.65. The number of hydrogen-bond acceptors (Lipinski definition) is 2. The molecule has 0 aliphatic carbocycles. The fourth-order valence-corrected chi connectivity index (χ4v) is 2.68. The van der Waals surface area contributed by atoms with Gasteiger partial charge in [0.15, 0.2) is 5.78 Å². The molecule has 5 heteroatoms. The van der Waals surface area contributed by atoms with Crippen LogP contribution in [0.1, 0.15) is 34.2 Å². The Kier molecular flexibility index (Phi) is 4.51. The molecule has 3 nitrogen and oxygen atoms in total. The quantitative estimate of drug-likeness (QED) is 0.791. The second kappa shape index (κ2) is 5.98. The van der Waals surface area contributed by atoms with Gasteiger partial charge in [0.2, 0.25) is 0 Å². The molecule has 0 saturated heterocycles. The summed E-state index contributed by atoms with van der Waals surface area (Å²) in [4.78, 5) is 12.4. The van der Waals surface area contributed by atoms with Crippen LogP contribution < -0.4 is 0 Å². The predicted molar refractivity (Wildman–Crippen MR) is 81.9 cm³/mol. The Labute approximate surface area is 128 Å². The molecule has 1 heterocycles. The third kappa shape index (κ3) is 3.05. The molecule has 2 rings (SSSR count). The lowest BCUT2D eigenvalue weighted by Gasteiger charge is -2.06. The molecule has 0 aliphatic rings. The number of carbonyl (C=O) groups excluding carboxylic acids is 1. The van der Waals surface area contributed by atoms with Crippen LogP contribution in [0.2, 0.25) is 10.0 Å². The van der Waals surface area contributed by atoms with Gasteiger partial charge in [0, 0.05) is 17.1 Å². The summed E-state index contributed by atoms with van der Waals surface area (Å²) in [7, 11) is 0. The van der Waals surface area contributed by atoms with Crippen molar-refractivity contribution in [1.82, 2.24) is 9.78 Å². The van der Waals surface area contributed by atoms with Crippen LogP contribution in [0.5, 0.6) is 0 Å². The summed E-state index contributed by atoms with van der Waals surface area (Å²) >= 11 is 12.2. The third-order valence-electron chi connectivity index (χ3n) is 3.14. The number of halogens is 2. The number of aryl methyl sites for hydroxylation is 3. The number of Topliss-reactive ketones (excluding diaryl/α,β-unsaturated/α-hetero) is 1. The molecular weight excluding hydrogens is 295 g/mol. The van der Waals surface area contributed by atoms with Crippen molar-refractivity contribution in [2.75, 3.05) is 0 Å². The summed E-state index contributed by atoms with van der Waals surface area (Å²) in [5.74, 6) is -0.00731. The highest BCUT2D eigenvalue weighted by atomic mass is 35.5. The molecular formula is C15H16Cl2N2O. The molecule has 0 N–H and O–H groups in total. The van der Waals surface area contributed by atoms with E-state index in [1.54, 1.807) is 10.7 Å². The van der Waals surface area contributed by atoms with Gasteiger partial charge in [-0.3, -0.25) is 9.48 Å². The van der Waals surface area contributed by atoms with E-state index in [1.165, 1.54) is 0 Å². The fraction of sp³-hybridized carbons (Fsp3) is 0.333. The van der Waals surface area contributed by atoms with E-state index in [2.05, 4.69) is 5.10 Å². The SMILES string of the molecule is CCn1nc(C)c(Cl)c1CC(=O)c1cc(C)cc(Cl)c1. The van der Waals surface area contributed by atoms with Crippen LogP contribution in [-0.4, -0.2) is 15.6 Å². The van der Waals surface area contributed by atoms with Gasteiger partial charge in [-0.25, -0.2) is 0 Å². The van der Waals surface area contributed by atoms with Crippen molar-refractivity contribution in [3.05, 3.63) is 50.8 Å². The number of rotatable bonds is 4. The minimum atomic E-state index is -0.00731. The highest BCUT2D eigenvalue weighted by Gasteiger charge is 2.17. The minimum absolute atomic E-state index is 0.00731.